The van der Waals surface area contributed by atoms with E-state index in [1.165, 1.54) is 12.2 Å². The molecule has 1 atom stereocenters. The van der Waals surface area contributed by atoms with Gasteiger partial charge in [0.25, 0.3) is 5.92 Å². The van der Waals surface area contributed by atoms with E-state index in [0.29, 0.717) is 0 Å². The first-order valence-corrected chi connectivity index (χ1v) is 4.98. The smallest absolute Gasteiger partial charge is 0.330 e. The number of carbonyl (C=O) groups excluding carboxylic acids is 1. The van der Waals surface area contributed by atoms with Gasteiger partial charge in [-0.3, -0.25) is 0 Å². The highest BCUT2D eigenvalue weighted by Gasteiger charge is 2.55. The minimum absolute atomic E-state index is 0.0638. The number of halogens is 2. The zero-order chi connectivity index (χ0) is 11.7. The maximum atomic E-state index is 12.4. The van der Waals surface area contributed by atoms with E-state index in [1.54, 1.807) is 20.8 Å². The van der Waals surface area contributed by atoms with Crippen molar-refractivity contribution in [2.75, 3.05) is 0 Å². The highest BCUT2D eigenvalue weighted by Crippen LogP contribution is 2.50. The monoisotopic (exact) mass is 218 g/mol. The largest absolute Gasteiger partial charge is 0.457 e. The SMILES string of the molecule is CC(C)(C)OC(=O)C=CCC1CC1(F)F. The molecule has 0 spiro atoms. The zero-order valence-electron chi connectivity index (χ0n) is 9.22. The molecule has 1 unspecified atom stereocenters. The lowest BCUT2D eigenvalue weighted by atomic mass is 10.2. The molecule has 0 amide bonds. The number of hydrogen-bond donors (Lipinski definition) is 0. The molecule has 1 fully saturated rings. The predicted molar refractivity (Wildman–Crippen MR) is 52.7 cm³/mol. The second-order valence-electron chi connectivity index (χ2n) is 4.83. The van der Waals surface area contributed by atoms with Crippen molar-refractivity contribution in [2.24, 2.45) is 5.92 Å². The van der Waals surface area contributed by atoms with Crippen molar-refractivity contribution in [2.45, 2.75) is 45.1 Å². The number of allylic oxidation sites excluding steroid dienone is 1. The third-order valence-electron chi connectivity index (χ3n) is 2.04. The Morgan fingerprint density at radius 3 is 2.47 bits per heavy atom. The van der Waals surface area contributed by atoms with Crippen LogP contribution in [-0.2, 0) is 9.53 Å². The van der Waals surface area contributed by atoms with Crippen molar-refractivity contribution in [1.29, 1.82) is 0 Å². The van der Waals surface area contributed by atoms with E-state index >= 15 is 0 Å². The van der Waals surface area contributed by atoms with Gasteiger partial charge in [0, 0.05) is 18.4 Å². The quantitative estimate of drug-likeness (QED) is 0.537. The first kappa shape index (κ1) is 12.1. The lowest BCUT2D eigenvalue weighted by molar-refractivity contribution is -0.148. The van der Waals surface area contributed by atoms with Crippen LogP contribution >= 0.6 is 0 Å². The standard InChI is InChI=1S/C11H16F2O2/c1-10(2,3)15-9(14)6-4-5-8-7-11(8,12)13/h4,6,8H,5,7H2,1-3H3. The number of carbonyl (C=O) groups is 1. The molecule has 0 aromatic rings. The molecule has 0 bridgehead atoms. The van der Waals surface area contributed by atoms with Crippen LogP contribution in [-0.4, -0.2) is 17.5 Å². The number of alkyl halides is 2. The van der Waals surface area contributed by atoms with E-state index in [4.69, 9.17) is 4.74 Å². The Labute approximate surface area is 88.3 Å². The van der Waals surface area contributed by atoms with E-state index in [0.717, 1.165) is 0 Å². The summed E-state index contributed by atoms with van der Waals surface area (Å²) in [6, 6.07) is 0. The third kappa shape index (κ3) is 4.40. The summed E-state index contributed by atoms with van der Waals surface area (Å²) in [6.45, 7) is 5.27. The molecule has 0 N–H and O–H groups in total. The first-order chi connectivity index (χ1) is 6.71. The number of hydrogen-bond acceptors (Lipinski definition) is 2. The molecule has 0 aromatic carbocycles. The Hall–Kier alpha value is -0.930. The molecule has 15 heavy (non-hydrogen) atoms. The molecule has 2 nitrogen and oxygen atoms in total. The first-order valence-electron chi connectivity index (χ1n) is 4.98. The van der Waals surface area contributed by atoms with Gasteiger partial charge in [0.2, 0.25) is 0 Å². The Morgan fingerprint density at radius 1 is 1.53 bits per heavy atom. The minimum Gasteiger partial charge on any atom is -0.457 e. The van der Waals surface area contributed by atoms with Gasteiger partial charge in [-0.25, -0.2) is 13.6 Å². The van der Waals surface area contributed by atoms with Crippen LogP contribution in [0.2, 0.25) is 0 Å². The minimum atomic E-state index is -2.52. The van der Waals surface area contributed by atoms with E-state index in [1.807, 2.05) is 0 Å². The van der Waals surface area contributed by atoms with Gasteiger partial charge in [-0.05, 0) is 27.2 Å². The normalized spacial score (nSPS) is 24.2. The molecule has 1 aliphatic carbocycles. The Bertz CT molecular complexity index is 277. The van der Waals surface area contributed by atoms with E-state index in [9.17, 15) is 13.6 Å². The van der Waals surface area contributed by atoms with E-state index in [-0.39, 0.29) is 12.8 Å². The molecule has 1 aliphatic rings. The summed E-state index contributed by atoms with van der Waals surface area (Å²) < 4.78 is 29.9. The highest BCUT2D eigenvalue weighted by atomic mass is 19.3. The summed E-state index contributed by atoms with van der Waals surface area (Å²) in [6.07, 6.45) is 2.86. The molecule has 0 saturated heterocycles. The molecule has 86 valence electrons. The molecular formula is C11H16F2O2. The fraction of sp³-hybridized carbons (Fsp3) is 0.727. The van der Waals surface area contributed by atoms with Crippen molar-refractivity contribution < 1.29 is 18.3 Å². The summed E-state index contributed by atoms with van der Waals surface area (Å²) in [5.74, 6) is -3.58. The lowest BCUT2D eigenvalue weighted by Crippen LogP contribution is -2.22. The molecule has 0 heterocycles. The van der Waals surface area contributed by atoms with Crippen molar-refractivity contribution in [3.63, 3.8) is 0 Å². The van der Waals surface area contributed by atoms with E-state index in [2.05, 4.69) is 0 Å². The summed E-state index contributed by atoms with van der Waals surface area (Å²) >= 11 is 0. The molecule has 0 aromatic heterocycles. The van der Waals surface area contributed by atoms with Crippen molar-refractivity contribution in [3.8, 4) is 0 Å². The maximum absolute atomic E-state index is 12.4. The Kier molecular flexibility index (Phi) is 3.16. The second kappa shape index (κ2) is 3.91. The van der Waals surface area contributed by atoms with Gasteiger partial charge >= 0.3 is 5.97 Å². The number of esters is 1. The molecular weight excluding hydrogens is 202 g/mol. The Morgan fingerprint density at radius 2 is 2.07 bits per heavy atom. The van der Waals surface area contributed by atoms with Crippen molar-refractivity contribution in [1.82, 2.24) is 0 Å². The topological polar surface area (TPSA) is 26.3 Å². The number of rotatable bonds is 3. The van der Waals surface area contributed by atoms with Gasteiger partial charge in [-0.15, -0.1) is 0 Å². The van der Waals surface area contributed by atoms with Crippen LogP contribution in [0.1, 0.15) is 33.6 Å². The molecule has 4 heteroatoms. The van der Waals surface area contributed by atoms with Gasteiger partial charge in [0.05, 0.1) is 0 Å². The fourth-order valence-electron chi connectivity index (χ4n) is 1.19. The predicted octanol–water partition coefficient (Wildman–Crippen LogP) is 2.93. The van der Waals surface area contributed by atoms with Gasteiger partial charge in [0.15, 0.2) is 0 Å². The number of ether oxygens (including phenoxy) is 1. The van der Waals surface area contributed by atoms with E-state index < -0.39 is 23.4 Å². The average Bonchev–Trinajstić information content (AvgIpc) is 2.54. The van der Waals surface area contributed by atoms with Gasteiger partial charge < -0.3 is 4.74 Å². The van der Waals surface area contributed by atoms with Crippen LogP contribution < -0.4 is 0 Å². The van der Waals surface area contributed by atoms with Crippen LogP contribution in [0.5, 0.6) is 0 Å². The van der Waals surface area contributed by atoms with Crippen LogP contribution in [0.25, 0.3) is 0 Å². The highest BCUT2D eigenvalue weighted by molar-refractivity contribution is 5.82. The molecule has 0 aliphatic heterocycles. The summed E-state index contributed by atoms with van der Waals surface area (Å²) in [5, 5.41) is 0. The summed E-state index contributed by atoms with van der Waals surface area (Å²) in [4.78, 5) is 11.1. The zero-order valence-corrected chi connectivity index (χ0v) is 9.22. The van der Waals surface area contributed by atoms with Crippen LogP contribution in [0, 0.1) is 5.92 Å². The van der Waals surface area contributed by atoms with Crippen molar-refractivity contribution >= 4 is 5.97 Å². The van der Waals surface area contributed by atoms with Crippen LogP contribution in [0.15, 0.2) is 12.2 Å². The van der Waals surface area contributed by atoms with Crippen molar-refractivity contribution in [3.05, 3.63) is 12.2 Å². The van der Waals surface area contributed by atoms with Gasteiger partial charge in [0.1, 0.15) is 5.60 Å². The van der Waals surface area contributed by atoms with Crippen LogP contribution in [0.4, 0.5) is 8.78 Å². The third-order valence-corrected chi connectivity index (χ3v) is 2.04. The summed E-state index contributed by atoms with van der Waals surface area (Å²) in [5.41, 5.74) is -0.537. The fourth-order valence-corrected chi connectivity index (χ4v) is 1.19. The molecule has 1 saturated carbocycles. The lowest BCUT2D eigenvalue weighted by Gasteiger charge is -2.17. The Balaban J connectivity index is 2.24. The van der Waals surface area contributed by atoms with Gasteiger partial charge in [-0.2, -0.15) is 0 Å². The van der Waals surface area contributed by atoms with Crippen LogP contribution in [0.3, 0.4) is 0 Å². The molecule has 0 radical (unpaired) electrons. The second-order valence-corrected chi connectivity index (χ2v) is 4.83. The summed E-state index contributed by atoms with van der Waals surface area (Å²) in [7, 11) is 0. The maximum Gasteiger partial charge on any atom is 0.330 e. The average molecular weight is 218 g/mol. The van der Waals surface area contributed by atoms with Gasteiger partial charge in [-0.1, -0.05) is 6.08 Å². The molecule has 1 rings (SSSR count).